The number of methoxy groups -OCH3 is 5. The van der Waals surface area contributed by atoms with Crippen molar-refractivity contribution in [2.24, 2.45) is 0 Å². The lowest BCUT2D eigenvalue weighted by atomic mass is 10.1. The Balaban J connectivity index is 2.15. The van der Waals surface area contributed by atoms with Gasteiger partial charge in [-0.1, -0.05) is 18.3 Å². The van der Waals surface area contributed by atoms with E-state index in [0.717, 1.165) is 20.1 Å². The number of benzene rings is 2. The van der Waals surface area contributed by atoms with Gasteiger partial charge in [-0.05, 0) is 67.3 Å². The Kier molecular flexibility index (Phi) is 9.26. The number of thiocarbonyl (C=S) groups is 1. The first-order chi connectivity index (χ1) is 14.4. The highest BCUT2D eigenvalue weighted by molar-refractivity contribution is 9.13. The third kappa shape index (κ3) is 5.59. The quantitative estimate of drug-likeness (QED) is 0.326. The van der Waals surface area contributed by atoms with Crippen LogP contribution in [-0.2, 0) is 6.54 Å². The van der Waals surface area contributed by atoms with Crippen LogP contribution in [0.3, 0.4) is 0 Å². The van der Waals surface area contributed by atoms with E-state index < -0.39 is 0 Å². The molecule has 0 atom stereocenters. The number of hydrogen-bond acceptors (Lipinski definition) is 6. The lowest BCUT2D eigenvalue weighted by molar-refractivity contribution is 0.323. The predicted molar refractivity (Wildman–Crippen MR) is 130 cm³/mol. The summed E-state index contributed by atoms with van der Waals surface area (Å²) in [6, 6.07) is 5.62. The van der Waals surface area contributed by atoms with Crippen LogP contribution in [0.25, 0.3) is 6.08 Å². The molecule has 0 saturated heterocycles. The Hall–Kier alpha value is -1.97. The standard InChI is InChI=1S/C21H23Br2NO5S/c1-25-14-8-12(9-15(26-2)20(14)28-4)11-24-17(30)7-6-13-10-16(27-3)21(29-5)19(23)18(13)22/h6-10H,11H2,1-5H3,(H,24,30)/b7-6+. The van der Waals surface area contributed by atoms with Gasteiger partial charge in [0.1, 0.15) is 0 Å². The van der Waals surface area contributed by atoms with Crippen molar-refractivity contribution in [3.8, 4) is 28.7 Å². The molecule has 0 amide bonds. The number of halogens is 2. The van der Waals surface area contributed by atoms with Crippen LogP contribution in [0.4, 0.5) is 0 Å². The van der Waals surface area contributed by atoms with Gasteiger partial charge in [0.15, 0.2) is 23.0 Å². The Bertz CT molecular complexity index is 924. The molecule has 162 valence electrons. The second-order valence-electron chi connectivity index (χ2n) is 5.91. The molecule has 2 rings (SSSR count). The van der Waals surface area contributed by atoms with Gasteiger partial charge in [-0.25, -0.2) is 0 Å². The highest BCUT2D eigenvalue weighted by atomic mass is 79.9. The maximum atomic E-state index is 5.44. The second-order valence-corrected chi connectivity index (χ2v) is 7.94. The predicted octanol–water partition coefficient (Wildman–Crippen LogP) is 5.39. The minimum Gasteiger partial charge on any atom is -0.493 e. The highest BCUT2D eigenvalue weighted by Crippen LogP contribution is 2.43. The normalized spacial score (nSPS) is 10.6. The SMILES string of the molecule is COc1cc(CNC(=S)/C=C/c2cc(OC)c(OC)c(Br)c2Br)cc(OC)c1OC. The molecule has 1 N–H and O–H groups in total. The third-order valence-corrected chi connectivity index (χ3v) is 6.61. The molecular weight excluding hydrogens is 538 g/mol. The van der Waals surface area contributed by atoms with Crippen molar-refractivity contribution in [2.45, 2.75) is 6.54 Å². The monoisotopic (exact) mass is 559 g/mol. The van der Waals surface area contributed by atoms with Gasteiger partial charge in [-0.2, -0.15) is 0 Å². The van der Waals surface area contributed by atoms with Crippen molar-refractivity contribution < 1.29 is 23.7 Å². The lowest BCUT2D eigenvalue weighted by Crippen LogP contribution is -2.18. The van der Waals surface area contributed by atoms with Crippen molar-refractivity contribution in [2.75, 3.05) is 35.5 Å². The van der Waals surface area contributed by atoms with E-state index in [1.807, 2.05) is 30.4 Å². The fraction of sp³-hybridized carbons (Fsp3) is 0.286. The van der Waals surface area contributed by atoms with E-state index >= 15 is 0 Å². The summed E-state index contributed by atoms with van der Waals surface area (Å²) in [6.07, 6.45) is 3.70. The van der Waals surface area contributed by atoms with Gasteiger partial charge in [-0.3, -0.25) is 0 Å². The fourth-order valence-electron chi connectivity index (χ4n) is 2.72. The molecule has 0 aromatic heterocycles. The van der Waals surface area contributed by atoms with E-state index in [9.17, 15) is 0 Å². The summed E-state index contributed by atoms with van der Waals surface area (Å²) in [6.45, 7) is 0.497. The van der Waals surface area contributed by atoms with Gasteiger partial charge < -0.3 is 29.0 Å². The summed E-state index contributed by atoms with van der Waals surface area (Å²) < 4.78 is 28.5. The first-order valence-electron chi connectivity index (χ1n) is 8.74. The van der Waals surface area contributed by atoms with Crippen molar-refractivity contribution in [3.05, 3.63) is 44.3 Å². The Morgan fingerprint density at radius 3 is 1.87 bits per heavy atom. The second kappa shape index (κ2) is 11.4. The van der Waals surface area contributed by atoms with Crippen LogP contribution in [0.1, 0.15) is 11.1 Å². The van der Waals surface area contributed by atoms with Gasteiger partial charge in [0, 0.05) is 11.0 Å². The van der Waals surface area contributed by atoms with Crippen LogP contribution in [0, 0.1) is 0 Å². The average molecular weight is 561 g/mol. The first-order valence-corrected chi connectivity index (χ1v) is 10.7. The number of nitrogens with one attached hydrogen (secondary N) is 1. The summed E-state index contributed by atoms with van der Waals surface area (Å²) in [4.78, 5) is 0.571. The smallest absolute Gasteiger partial charge is 0.203 e. The van der Waals surface area contributed by atoms with Gasteiger partial charge in [0.2, 0.25) is 5.75 Å². The molecule has 0 fully saturated rings. The van der Waals surface area contributed by atoms with E-state index in [1.54, 1.807) is 35.5 Å². The van der Waals surface area contributed by atoms with E-state index in [2.05, 4.69) is 37.2 Å². The lowest BCUT2D eigenvalue weighted by Gasteiger charge is -2.14. The minimum absolute atomic E-state index is 0.497. The molecule has 0 aliphatic rings. The van der Waals surface area contributed by atoms with Gasteiger partial charge >= 0.3 is 0 Å². The molecule has 0 bridgehead atoms. The molecule has 0 radical (unpaired) electrons. The number of hydrogen-bond donors (Lipinski definition) is 1. The summed E-state index contributed by atoms with van der Waals surface area (Å²) in [5.41, 5.74) is 1.83. The highest BCUT2D eigenvalue weighted by Gasteiger charge is 2.15. The molecule has 9 heteroatoms. The molecule has 0 saturated carbocycles. The van der Waals surface area contributed by atoms with Gasteiger partial charge in [0.05, 0.1) is 45.0 Å². The summed E-state index contributed by atoms with van der Waals surface area (Å²) in [5.74, 6) is 2.96. The van der Waals surface area contributed by atoms with Crippen LogP contribution < -0.4 is 29.0 Å². The number of ether oxygens (including phenoxy) is 5. The first kappa shape index (κ1) is 24.3. The van der Waals surface area contributed by atoms with Crippen molar-refractivity contribution in [1.29, 1.82) is 0 Å². The van der Waals surface area contributed by atoms with Crippen LogP contribution in [-0.4, -0.2) is 40.5 Å². The van der Waals surface area contributed by atoms with E-state index in [4.69, 9.17) is 35.9 Å². The fourth-order valence-corrected chi connectivity index (χ4v) is 3.87. The Morgan fingerprint density at radius 2 is 1.37 bits per heavy atom. The zero-order valence-electron chi connectivity index (χ0n) is 17.3. The van der Waals surface area contributed by atoms with Crippen LogP contribution in [0.5, 0.6) is 28.7 Å². The molecule has 0 aliphatic carbocycles. The topological polar surface area (TPSA) is 58.2 Å². The molecule has 0 spiro atoms. The molecule has 30 heavy (non-hydrogen) atoms. The largest absolute Gasteiger partial charge is 0.493 e. The molecule has 0 aliphatic heterocycles. The maximum absolute atomic E-state index is 5.44. The van der Waals surface area contributed by atoms with Crippen molar-refractivity contribution >= 4 is 55.1 Å². The van der Waals surface area contributed by atoms with Crippen LogP contribution in [0.2, 0.25) is 0 Å². The van der Waals surface area contributed by atoms with Gasteiger partial charge in [0.25, 0.3) is 0 Å². The summed E-state index contributed by atoms with van der Waals surface area (Å²) in [5, 5.41) is 3.20. The van der Waals surface area contributed by atoms with E-state index in [-0.39, 0.29) is 0 Å². The average Bonchev–Trinajstić information content (AvgIpc) is 2.77. The Labute approximate surface area is 198 Å². The summed E-state index contributed by atoms with van der Waals surface area (Å²) in [7, 11) is 7.92. The molecular formula is C21H23Br2NO5S. The van der Waals surface area contributed by atoms with Crippen molar-refractivity contribution in [1.82, 2.24) is 5.32 Å². The third-order valence-electron chi connectivity index (χ3n) is 4.19. The zero-order chi connectivity index (χ0) is 22.3. The van der Waals surface area contributed by atoms with Crippen LogP contribution in [0.15, 0.2) is 33.2 Å². The number of rotatable bonds is 9. The molecule has 0 unspecified atom stereocenters. The molecule has 2 aromatic rings. The molecule has 2 aromatic carbocycles. The summed E-state index contributed by atoms with van der Waals surface area (Å²) >= 11 is 12.5. The van der Waals surface area contributed by atoms with Crippen LogP contribution >= 0.6 is 44.1 Å². The maximum Gasteiger partial charge on any atom is 0.203 e. The van der Waals surface area contributed by atoms with E-state index in [1.165, 1.54) is 0 Å². The van der Waals surface area contributed by atoms with Gasteiger partial charge in [-0.15, -0.1) is 0 Å². The molecule has 0 heterocycles. The Morgan fingerprint density at radius 1 is 0.833 bits per heavy atom. The van der Waals surface area contributed by atoms with E-state index in [0.29, 0.717) is 40.3 Å². The van der Waals surface area contributed by atoms with Crippen molar-refractivity contribution in [3.63, 3.8) is 0 Å². The minimum atomic E-state index is 0.497. The zero-order valence-corrected chi connectivity index (χ0v) is 21.3. The molecule has 6 nitrogen and oxygen atoms in total.